The van der Waals surface area contributed by atoms with Crippen LogP contribution in [0.25, 0.3) is 0 Å². The van der Waals surface area contributed by atoms with Crippen molar-refractivity contribution in [1.29, 1.82) is 0 Å². The molecule has 0 radical (unpaired) electrons. The molecule has 0 bridgehead atoms. The third kappa shape index (κ3) is 3.66. The number of rotatable bonds is 5. The predicted molar refractivity (Wildman–Crippen MR) is 84.7 cm³/mol. The minimum atomic E-state index is -0.495. The van der Waals surface area contributed by atoms with E-state index in [0.717, 1.165) is 19.5 Å². The molecule has 7 nitrogen and oxygen atoms in total. The van der Waals surface area contributed by atoms with Crippen molar-refractivity contribution in [3.8, 4) is 0 Å². The Bertz CT molecular complexity index is 592. The van der Waals surface area contributed by atoms with Gasteiger partial charge in [-0.2, -0.15) is 0 Å². The zero-order valence-corrected chi connectivity index (χ0v) is 12.8. The number of aromatic nitrogens is 2. The highest BCUT2D eigenvalue weighted by molar-refractivity contribution is 5.60. The van der Waals surface area contributed by atoms with Gasteiger partial charge in [0.05, 0.1) is 0 Å². The third-order valence-electron chi connectivity index (χ3n) is 4.23. The summed E-state index contributed by atoms with van der Waals surface area (Å²) in [6, 6.07) is 0.643. The molecule has 1 fully saturated rings. The maximum absolute atomic E-state index is 11.7. The van der Waals surface area contributed by atoms with Crippen LogP contribution in [0.3, 0.4) is 0 Å². The average Bonchev–Trinajstić information content (AvgIpc) is 2.46. The summed E-state index contributed by atoms with van der Waals surface area (Å²) in [6.45, 7) is 5.10. The van der Waals surface area contributed by atoms with E-state index < -0.39 is 11.2 Å². The predicted octanol–water partition coefficient (Wildman–Crippen LogP) is 0.332. The Balaban J connectivity index is 1.88. The van der Waals surface area contributed by atoms with Gasteiger partial charge in [0.25, 0.3) is 5.56 Å². The highest BCUT2D eigenvalue weighted by Gasteiger charge is 2.17. The number of nitrogen functional groups attached to an aromatic ring is 1. The summed E-state index contributed by atoms with van der Waals surface area (Å²) in [6.07, 6.45) is 4.79. The molecular formula is C14H25N5O2. The van der Waals surface area contributed by atoms with E-state index in [4.69, 9.17) is 5.73 Å². The lowest BCUT2D eigenvalue weighted by Crippen LogP contribution is -2.38. The van der Waals surface area contributed by atoms with Crippen molar-refractivity contribution in [3.63, 3.8) is 0 Å². The van der Waals surface area contributed by atoms with Crippen LogP contribution in [0.4, 0.5) is 11.5 Å². The number of anilines is 2. The van der Waals surface area contributed by atoms with E-state index in [1.165, 1.54) is 30.9 Å². The molecule has 1 unspecified atom stereocenters. The largest absolute Gasteiger partial charge is 0.383 e. The van der Waals surface area contributed by atoms with E-state index in [0.29, 0.717) is 12.6 Å². The van der Waals surface area contributed by atoms with E-state index in [-0.39, 0.29) is 11.5 Å². The van der Waals surface area contributed by atoms with Gasteiger partial charge in [-0.05, 0) is 32.7 Å². The zero-order chi connectivity index (χ0) is 15.4. The molecular weight excluding hydrogens is 270 g/mol. The summed E-state index contributed by atoms with van der Waals surface area (Å²) in [5.74, 6) is 0.176. The van der Waals surface area contributed by atoms with Gasteiger partial charge in [0.2, 0.25) is 0 Å². The SMILES string of the molecule is CC1CCCCN1CCCNc1c(N)n(C)c(=O)[nH]c1=O. The molecule has 0 aliphatic carbocycles. The maximum Gasteiger partial charge on any atom is 0.329 e. The second-order valence-electron chi connectivity index (χ2n) is 5.74. The number of aromatic amines is 1. The molecule has 1 aromatic rings. The van der Waals surface area contributed by atoms with Crippen LogP contribution in [0.5, 0.6) is 0 Å². The van der Waals surface area contributed by atoms with Gasteiger partial charge in [0, 0.05) is 26.2 Å². The normalized spacial score (nSPS) is 19.6. The minimum Gasteiger partial charge on any atom is -0.383 e. The molecule has 1 saturated heterocycles. The molecule has 1 aromatic heterocycles. The van der Waals surface area contributed by atoms with Crippen molar-refractivity contribution in [2.24, 2.45) is 7.05 Å². The van der Waals surface area contributed by atoms with Gasteiger partial charge in [-0.25, -0.2) is 4.79 Å². The molecule has 1 aliphatic rings. The van der Waals surface area contributed by atoms with Crippen molar-refractivity contribution < 1.29 is 0 Å². The summed E-state index contributed by atoms with van der Waals surface area (Å²) in [4.78, 5) is 27.8. The van der Waals surface area contributed by atoms with Gasteiger partial charge in [-0.15, -0.1) is 0 Å². The first-order valence-electron chi connectivity index (χ1n) is 7.57. The van der Waals surface area contributed by atoms with Gasteiger partial charge >= 0.3 is 5.69 Å². The molecule has 0 aromatic carbocycles. The van der Waals surface area contributed by atoms with Gasteiger partial charge in [-0.1, -0.05) is 6.42 Å². The molecule has 2 rings (SSSR count). The fourth-order valence-electron chi connectivity index (χ4n) is 2.79. The number of nitrogens with one attached hydrogen (secondary N) is 2. The fourth-order valence-corrected chi connectivity index (χ4v) is 2.79. The topological polar surface area (TPSA) is 96.2 Å². The van der Waals surface area contributed by atoms with Crippen LogP contribution in [0.2, 0.25) is 0 Å². The summed E-state index contributed by atoms with van der Waals surface area (Å²) < 4.78 is 1.23. The summed E-state index contributed by atoms with van der Waals surface area (Å²) in [5, 5.41) is 3.05. The first-order chi connectivity index (χ1) is 10.0. The highest BCUT2D eigenvalue weighted by Crippen LogP contribution is 2.16. The lowest BCUT2D eigenvalue weighted by atomic mass is 10.0. The lowest BCUT2D eigenvalue weighted by molar-refractivity contribution is 0.160. The number of piperidine rings is 1. The number of hydrogen-bond donors (Lipinski definition) is 3. The lowest BCUT2D eigenvalue weighted by Gasteiger charge is -2.33. The Labute approximate surface area is 124 Å². The van der Waals surface area contributed by atoms with E-state index in [1.54, 1.807) is 0 Å². The molecule has 4 N–H and O–H groups in total. The zero-order valence-electron chi connectivity index (χ0n) is 12.8. The molecule has 118 valence electrons. The molecule has 2 heterocycles. The number of likely N-dealkylation sites (tertiary alicyclic amines) is 1. The Morgan fingerprint density at radius 3 is 2.86 bits per heavy atom. The van der Waals surface area contributed by atoms with Crippen LogP contribution in [-0.4, -0.2) is 40.1 Å². The molecule has 0 amide bonds. The van der Waals surface area contributed by atoms with Gasteiger partial charge in [0.1, 0.15) is 11.5 Å². The summed E-state index contributed by atoms with van der Waals surface area (Å²) in [5.41, 5.74) is 5.13. The van der Waals surface area contributed by atoms with Crippen LogP contribution in [0.15, 0.2) is 9.59 Å². The number of nitrogens with zero attached hydrogens (tertiary/aromatic N) is 2. The van der Waals surface area contributed by atoms with Crippen LogP contribution in [0, 0.1) is 0 Å². The second-order valence-corrected chi connectivity index (χ2v) is 5.74. The second kappa shape index (κ2) is 6.80. The number of hydrogen-bond acceptors (Lipinski definition) is 5. The summed E-state index contributed by atoms with van der Waals surface area (Å²) in [7, 11) is 1.54. The van der Waals surface area contributed by atoms with Gasteiger partial charge in [0.15, 0.2) is 0 Å². The Hall–Kier alpha value is -1.76. The molecule has 21 heavy (non-hydrogen) atoms. The first-order valence-corrected chi connectivity index (χ1v) is 7.57. The quantitative estimate of drug-likeness (QED) is 0.680. The van der Waals surface area contributed by atoms with E-state index in [2.05, 4.69) is 22.1 Å². The van der Waals surface area contributed by atoms with Crippen molar-refractivity contribution in [2.75, 3.05) is 30.7 Å². The molecule has 1 atom stereocenters. The smallest absolute Gasteiger partial charge is 0.329 e. The fraction of sp³-hybridized carbons (Fsp3) is 0.714. The average molecular weight is 295 g/mol. The summed E-state index contributed by atoms with van der Waals surface area (Å²) >= 11 is 0. The molecule has 7 heteroatoms. The molecule has 0 saturated carbocycles. The standard InChI is InChI=1S/C14H25N5O2/c1-10-6-3-4-8-19(10)9-5-7-16-11-12(15)18(2)14(21)17-13(11)20/h10,16H,3-9,15H2,1-2H3,(H,17,20,21). The van der Waals surface area contributed by atoms with Crippen molar-refractivity contribution in [1.82, 2.24) is 14.5 Å². The number of nitrogens with two attached hydrogens (primary N) is 1. The molecule has 1 aliphatic heterocycles. The van der Waals surface area contributed by atoms with Crippen LogP contribution in [-0.2, 0) is 7.05 Å². The van der Waals surface area contributed by atoms with E-state index in [1.807, 2.05) is 0 Å². The Morgan fingerprint density at radius 1 is 1.38 bits per heavy atom. The maximum atomic E-state index is 11.7. The van der Waals surface area contributed by atoms with E-state index in [9.17, 15) is 9.59 Å². The minimum absolute atomic E-state index is 0.176. The third-order valence-corrected chi connectivity index (χ3v) is 4.23. The Kier molecular flexibility index (Phi) is 5.06. The first kappa shape index (κ1) is 15.6. The van der Waals surface area contributed by atoms with Crippen molar-refractivity contribution >= 4 is 11.5 Å². The van der Waals surface area contributed by atoms with Crippen molar-refractivity contribution in [2.45, 2.75) is 38.6 Å². The van der Waals surface area contributed by atoms with Crippen LogP contribution >= 0.6 is 0 Å². The van der Waals surface area contributed by atoms with Crippen molar-refractivity contribution in [3.05, 3.63) is 20.8 Å². The van der Waals surface area contributed by atoms with Gasteiger partial charge in [-0.3, -0.25) is 14.3 Å². The number of H-pyrrole nitrogens is 1. The Morgan fingerprint density at radius 2 is 2.14 bits per heavy atom. The van der Waals surface area contributed by atoms with Crippen LogP contribution < -0.4 is 22.3 Å². The highest BCUT2D eigenvalue weighted by atomic mass is 16.2. The molecule has 0 spiro atoms. The monoisotopic (exact) mass is 295 g/mol. The van der Waals surface area contributed by atoms with Gasteiger partial charge < -0.3 is 16.0 Å². The van der Waals surface area contributed by atoms with Crippen LogP contribution in [0.1, 0.15) is 32.6 Å². The van der Waals surface area contributed by atoms with E-state index >= 15 is 0 Å².